The highest BCUT2D eigenvalue weighted by Crippen LogP contribution is 2.54. The first-order chi connectivity index (χ1) is 14.8. The smallest absolute Gasteiger partial charge is 0.0363 e. The Kier molecular flexibility index (Phi) is 4.77. The van der Waals surface area contributed by atoms with Crippen LogP contribution in [0.4, 0.5) is 0 Å². The van der Waals surface area contributed by atoms with Crippen LogP contribution < -0.4 is 0 Å². The van der Waals surface area contributed by atoms with Gasteiger partial charge in [-0.15, -0.1) is 0 Å². The highest BCUT2D eigenvalue weighted by molar-refractivity contribution is 5.36. The van der Waals surface area contributed by atoms with Gasteiger partial charge >= 0.3 is 0 Å². The third-order valence-electron chi connectivity index (χ3n) is 9.39. The van der Waals surface area contributed by atoms with Crippen molar-refractivity contribution < 1.29 is 0 Å². The van der Waals surface area contributed by atoms with Crippen LogP contribution in [0.5, 0.6) is 0 Å². The molecular formula is C28H36N2. The van der Waals surface area contributed by atoms with E-state index in [1.807, 2.05) is 0 Å². The first-order valence-corrected chi connectivity index (χ1v) is 12.3. The van der Waals surface area contributed by atoms with E-state index in [0.717, 1.165) is 11.8 Å². The predicted octanol–water partition coefficient (Wildman–Crippen LogP) is 5.55. The third kappa shape index (κ3) is 2.99. The minimum atomic E-state index is 0.456. The van der Waals surface area contributed by atoms with Crippen LogP contribution in [0, 0.1) is 11.8 Å². The Bertz CT molecular complexity index is 807. The van der Waals surface area contributed by atoms with Crippen molar-refractivity contribution in [3.8, 4) is 0 Å². The van der Waals surface area contributed by atoms with Crippen LogP contribution in [0.1, 0.15) is 62.0 Å². The van der Waals surface area contributed by atoms with Gasteiger partial charge in [0.15, 0.2) is 0 Å². The van der Waals surface area contributed by atoms with Gasteiger partial charge in [-0.3, -0.25) is 9.80 Å². The van der Waals surface area contributed by atoms with E-state index in [0.29, 0.717) is 23.5 Å². The zero-order valence-corrected chi connectivity index (χ0v) is 18.4. The van der Waals surface area contributed by atoms with Gasteiger partial charge < -0.3 is 0 Å². The molecule has 0 N–H and O–H groups in total. The van der Waals surface area contributed by atoms with Gasteiger partial charge in [0.25, 0.3) is 0 Å². The second-order valence-corrected chi connectivity index (χ2v) is 10.6. The first-order valence-electron chi connectivity index (χ1n) is 12.3. The minimum Gasteiger partial charge on any atom is -0.298 e. The molecule has 30 heavy (non-hydrogen) atoms. The lowest BCUT2D eigenvalue weighted by molar-refractivity contribution is -0.0773. The van der Waals surface area contributed by atoms with Crippen LogP contribution >= 0.6 is 0 Å². The lowest BCUT2D eigenvalue weighted by Gasteiger charge is -2.59. The van der Waals surface area contributed by atoms with Crippen molar-refractivity contribution in [1.82, 2.24) is 9.80 Å². The van der Waals surface area contributed by atoms with Gasteiger partial charge in [0.1, 0.15) is 0 Å². The fourth-order valence-corrected chi connectivity index (χ4v) is 7.89. The Hall–Kier alpha value is -1.64. The molecule has 2 aromatic rings. The Morgan fingerprint density at radius 3 is 1.90 bits per heavy atom. The number of likely N-dealkylation sites (N-methyl/N-ethyl adjacent to an activating group) is 1. The molecule has 0 spiro atoms. The van der Waals surface area contributed by atoms with E-state index < -0.39 is 0 Å². The molecule has 3 heterocycles. The Morgan fingerprint density at radius 1 is 0.833 bits per heavy atom. The molecule has 4 bridgehead atoms. The highest BCUT2D eigenvalue weighted by atomic mass is 15.3. The van der Waals surface area contributed by atoms with Gasteiger partial charge in [-0.1, -0.05) is 60.7 Å². The number of hydrogen-bond acceptors (Lipinski definition) is 2. The molecule has 0 radical (unpaired) electrons. The summed E-state index contributed by atoms with van der Waals surface area (Å²) in [7, 11) is 2.51. The molecule has 158 valence electrons. The summed E-state index contributed by atoms with van der Waals surface area (Å²) in [6, 6.07) is 24.0. The van der Waals surface area contributed by atoms with Crippen molar-refractivity contribution in [2.75, 3.05) is 20.1 Å². The molecule has 5 fully saturated rings. The minimum absolute atomic E-state index is 0.456. The molecule has 2 nitrogen and oxygen atoms in total. The summed E-state index contributed by atoms with van der Waals surface area (Å²) in [5, 5.41) is 0. The molecule has 7 rings (SSSR count). The zero-order valence-electron chi connectivity index (χ0n) is 18.4. The fourth-order valence-electron chi connectivity index (χ4n) is 7.89. The summed E-state index contributed by atoms with van der Waals surface area (Å²) in [6.45, 7) is 2.57. The van der Waals surface area contributed by atoms with Gasteiger partial charge in [-0.25, -0.2) is 0 Å². The molecule has 0 aromatic heterocycles. The molecule has 2 aromatic carbocycles. The molecular weight excluding hydrogens is 364 g/mol. The van der Waals surface area contributed by atoms with Gasteiger partial charge in [-0.2, -0.15) is 0 Å². The summed E-state index contributed by atoms with van der Waals surface area (Å²) < 4.78 is 0. The van der Waals surface area contributed by atoms with Crippen LogP contribution in [0.2, 0.25) is 0 Å². The Balaban J connectivity index is 1.44. The standard InChI is InChI=1S/C28H36N2/c1-29(28-16-12-21(20-28)13-17-28)26-24-14-18-30(19-15-24)27(26)25(22-8-4-2-5-9-22)23-10-6-3-7-11-23/h2-11,21,24-27H,12-20H2,1H3/t21-,26?,27?,28-. The number of rotatable bonds is 5. The molecule has 3 saturated heterocycles. The third-order valence-corrected chi connectivity index (χ3v) is 9.39. The Morgan fingerprint density at radius 2 is 1.40 bits per heavy atom. The second kappa shape index (κ2) is 7.50. The van der Waals surface area contributed by atoms with Crippen LogP contribution in [-0.2, 0) is 0 Å². The van der Waals surface area contributed by atoms with Crippen LogP contribution in [0.15, 0.2) is 60.7 Å². The zero-order chi connectivity index (χ0) is 20.1. The largest absolute Gasteiger partial charge is 0.298 e. The Labute approximate surface area is 182 Å². The van der Waals surface area contributed by atoms with Crippen LogP contribution in [-0.4, -0.2) is 47.6 Å². The maximum Gasteiger partial charge on any atom is 0.0363 e. The van der Waals surface area contributed by atoms with Gasteiger partial charge in [-0.05, 0) is 88.0 Å². The molecule has 2 heteroatoms. The summed E-state index contributed by atoms with van der Waals surface area (Å²) in [5.41, 5.74) is 3.48. The average molecular weight is 401 g/mol. The van der Waals surface area contributed by atoms with E-state index in [9.17, 15) is 0 Å². The monoisotopic (exact) mass is 400 g/mol. The summed E-state index contributed by atoms with van der Waals surface area (Å²) in [5.74, 6) is 2.32. The van der Waals surface area contributed by atoms with Crippen molar-refractivity contribution >= 4 is 0 Å². The fraction of sp³-hybridized carbons (Fsp3) is 0.571. The van der Waals surface area contributed by atoms with Crippen LogP contribution in [0.3, 0.4) is 0 Å². The number of benzene rings is 2. The normalized spacial score (nSPS) is 37.4. The summed E-state index contributed by atoms with van der Waals surface area (Å²) in [6.07, 6.45) is 10.0. The average Bonchev–Trinajstić information content (AvgIpc) is 3.44. The topological polar surface area (TPSA) is 6.48 Å². The first kappa shape index (κ1) is 19.1. The van der Waals surface area contributed by atoms with Gasteiger partial charge in [0, 0.05) is 23.5 Å². The number of hydrogen-bond donors (Lipinski definition) is 0. The van der Waals surface area contributed by atoms with Crippen molar-refractivity contribution in [3.05, 3.63) is 71.8 Å². The number of fused-ring (bicyclic) bond motifs is 5. The number of piperidine rings is 3. The van der Waals surface area contributed by atoms with E-state index in [1.165, 1.54) is 69.2 Å². The summed E-state index contributed by atoms with van der Waals surface area (Å²) >= 11 is 0. The number of nitrogens with zero attached hydrogens (tertiary/aromatic N) is 2. The predicted molar refractivity (Wildman–Crippen MR) is 124 cm³/mol. The molecule has 2 atom stereocenters. The second-order valence-electron chi connectivity index (χ2n) is 10.6. The van der Waals surface area contributed by atoms with E-state index >= 15 is 0 Å². The lowest BCUT2D eigenvalue weighted by atomic mass is 9.69. The van der Waals surface area contributed by atoms with E-state index in [4.69, 9.17) is 0 Å². The molecule has 0 amide bonds. The molecule has 5 aliphatic rings. The maximum absolute atomic E-state index is 2.94. The summed E-state index contributed by atoms with van der Waals surface area (Å²) in [4.78, 5) is 5.81. The van der Waals surface area contributed by atoms with Crippen molar-refractivity contribution in [2.45, 2.75) is 68.5 Å². The SMILES string of the molecule is CN(C1C2CCN(CC2)C1C(c1ccccc1)c1ccccc1)[C@]12CC[C@H](CC1)C2. The molecule has 2 unspecified atom stereocenters. The van der Waals surface area contributed by atoms with Crippen LogP contribution in [0.25, 0.3) is 0 Å². The molecule has 2 saturated carbocycles. The van der Waals surface area contributed by atoms with Crippen molar-refractivity contribution in [2.24, 2.45) is 11.8 Å². The van der Waals surface area contributed by atoms with Gasteiger partial charge in [0.05, 0.1) is 0 Å². The maximum atomic E-state index is 2.94. The quantitative estimate of drug-likeness (QED) is 0.650. The molecule has 2 aliphatic carbocycles. The van der Waals surface area contributed by atoms with E-state index in [-0.39, 0.29) is 0 Å². The van der Waals surface area contributed by atoms with E-state index in [2.05, 4.69) is 77.5 Å². The lowest BCUT2D eigenvalue weighted by Crippen LogP contribution is -2.67. The van der Waals surface area contributed by atoms with E-state index in [1.54, 1.807) is 0 Å². The highest BCUT2D eigenvalue weighted by Gasteiger charge is 2.55. The molecule has 3 aliphatic heterocycles. The van der Waals surface area contributed by atoms with Gasteiger partial charge in [0.2, 0.25) is 0 Å². The van der Waals surface area contributed by atoms with Crippen molar-refractivity contribution in [1.29, 1.82) is 0 Å². The van der Waals surface area contributed by atoms with Crippen molar-refractivity contribution in [3.63, 3.8) is 0 Å².